The highest BCUT2D eigenvalue weighted by Crippen LogP contribution is 2.30. The summed E-state index contributed by atoms with van der Waals surface area (Å²) in [5.41, 5.74) is 3.14. The molecule has 0 saturated carbocycles. The summed E-state index contributed by atoms with van der Waals surface area (Å²) in [7, 11) is 0. The predicted octanol–water partition coefficient (Wildman–Crippen LogP) is 3.39. The molecule has 3 heterocycles. The van der Waals surface area contributed by atoms with Crippen molar-refractivity contribution in [2.45, 2.75) is 25.3 Å². The monoisotopic (exact) mass is 349 g/mol. The fourth-order valence-corrected chi connectivity index (χ4v) is 3.76. The quantitative estimate of drug-likeness (QED) is 0.742. The number of para-hydroxylation sites is 1. The largest absolute Gasteiger partial charge is 0.381 e. The number of hydrogen-bond acceptors (Lipinski definition) is 3. The van der Waals surface area contributed by atoms with Gasteiger partial charge in [0.2, 0.25) is 5.91 Å². The Morgan fingerprint density at radius 3 is 2.88 bits per heavy atom. The number of aromatic nitrogens is 2. The van der Waals surface area contributed by atoms with E-state index in [4.69, 9.17) is 4.74 Å². The van der Waals surface area contributed by atoms with Crippen molar-refractivity contribution < 1.29 is 9.53 Å². The number of aromatic amines is 1. The number of carbonyl (C=O) groups excluding carboxylic acids is 1. The lowest BCUT2D eigenvalue weighted by Gasteiger charge is -2.31. The second kappa shape index (κ2) is 7.70. The van der Waals surface area contributed by atoms with E-state index in [9.17, 15) is 4.79 Å². The first-order valence-electron chi connectivity index (χ1n) is 9.13. The third-order valence-corrected chi connectivity index (χ3v) is 5.12. The van der Waals surface area contributed by atoms with Crippen LogP contribution in [0.4, 0.5) is 0 Å². The zero-order chi connectivity index (χ0) is 17.8. The fourth-order valence-electron chi connectivity index (χ4n) is 3.76. The van der Waals surface area contributed by atoms with Gasteiger partial charge < -0.3 is 15.0 Å². The minimum absolute atomic E-state index is 0.0229. The summed E-state index contributed by atoms with van der Waals surface area (Å²) in [6.07, 6.45) is 7.81. The smallest absolute Gasteiger partial charge is 0.224 e. The molecule has 1 atom stereocenters. The van der Waals surface area contributed by atoms with Gasteiger partial charge in [-0.1, -0.05) is 24.3 Å². The minimum atomic E-state index is -0.0229. The molecule has 1 aromatic carbocycles. The van der Waals surface area contributed by atoms with Gasteiger partial charge in [-0.05, 0) is 42.0 Å². The number of rotatable bonds is 5. The Balaban J connectivity index is 1.52. The van der Waals surface area contributed by atoms with Crippen LogP contribution in [0.5, 0.6) is 0 Å². The average Bonchev–Trinajstić information content (AvgIpc) is 3.10. The first-order valence-corrected chi connectivity index (χ1v) is 9.13. The molecule has 1 unspecified atom stereocenters. The van der Waals surface area contributed by atoms with E-state index in [0.29, 0.717) is 12.3 Å². The molecule has 0 bridgehead atoms. The number of nitrogens with one attached hydrogen (secondary N) is 2. The lowest BCUT2D eigenvalue weighted by atomic mass is 9.87. The Bertz CT molecular complexity index is 869. The SMILES string of the molecule is O=C(Cc1c[nH]c2ccccc12)NC(c1cccnc1)C1CCOCC1. The van der Waals surface area contributed by atoms with Crippen LogP contribution in [0.15, 0.2) is 55.0 Å². The first-order chi connectivity index (χ1) is 12.8. The molecule has 2 aromatic heterocycles. The van der Waals surface area contributed by atoms with Gasteiger partial charge >= 0.3 is 0 Å². The molecule has 1 aliphatic heterocycles. The summed E-state index contributed by atoms with van der Waals surface area (Å²) in [6.45, 7) is 1.50. The van der Waals surface area contributed by atoms with Crippen LogP contribution < -0.4 is 5.32 Å². The molecule has 2 N–H and O–H groups in total. The van der Waals surface area contributed by atoms with Gasteiger partial charge in [0.25, 0.3) is 0 Å². The second-order valence-electron chi connectivity index (χ2n) is 6.82. The van der Waals surface area contributed by atoms with Crippen LogP contribution in [0.25, 0.3) is 10.9 Å². The number of H-pyrrole nitrogens is 1. The van der Waals surface area contributed by atoms with E-state index in [0.717, 1.165) is 48.1 Å². The maximum atomic E-state index is 12.8. The number of nitrogens with zero attached hydrogens (tertiary/aromatic N) is 1. The Hall–Kier alpha value is -2.66. The molecule has 26 heavy (non-hydrogen) atoms. The van der Waals surface area contributed by atoms with Gasteiger partial charge in [-0.25, -0.2) is 0 Å². The summed E-state index contributed by atoms with van der Waals surface area (Å²) >= 11 is 0. The molecule has 0 aliphatic carbocycles. The van der Waals surface area contributed by atoms with E-state index >= 15 is 0 Å². The van der Waals surface area contributed by atoms with E-state index in [1.807, 2.05) is 48.8 Å². The summed E-state index contributed by atoms with van der Waals surface area (Å²) in [6, 6.07) is 12.0. The van der Waals surface area contributed by atoms with E-state index in [2.05, 4.69) is 15.3 Å². The standard InChI is InChI=1S/C21H23N3O2/c25-20(12-17-14-23-19-6-2-1-5-18(17)19)24-21(15-7-10-26-11-8-15)16-4-3-9-22-13-16/h1-6,9,13-15,21,23H,7-8,10-12H2,(H,24,25). The number of fused-ring (bicyclic) bond motifs is 1. The van der Waals surface area contributed by atoms with Gasteiger partial charge in [0, 0.05) is 42.7 Å². The zero-order valence-corrected chi connectivity index (χ0v) is 14.7. The summed E-state index contributed by atoms with van der Waals surface area (Å²) < 4.78 is 5.49. The van der Waals surface area contributed by atoms with Crippen molar-refractivity contribution in [2.24, 2.45) is 5.92 Å². The molecule has 1 saturated heterocycles. The van der Waals surface area contributed by atoms with Gasteiger partial charge in [-0.2, -0.15) is 0 Å². The number of ether oxygens (including phenoxy) is 1. The van der Waals surface area contributed by atoms with Gasteiger partial charge in [0.15, 0.2) is 0 Å². The van der Waals surface area contributed by atoms with Crippen LogP contribution in [-0.2, 0) is 16.0 Å². The predicted molar refractivity (Wildman–Crippen MR) is 101 cm³/mol. The molecule has 5 heteroatoms. The van der Waals surface area contributed by atoms with Gasteiger partial charge in [0.05, 0.1) is 12.5 Å². The van der Waals surface area contributed by atoms with Gasteiger partial charge in [0.1, 0.15) is 0 Å². The van der Waals surface area contributed by atoms with Crippen molar-refractivity contribution in [3.05, 3.63) is 66.1 Å². The van der Waals surface area contributed by atoms with Crippen LogP contribution in [-0.4, -0.2) is 29.1 Å². The molecular formula is C21H23N3O2. The lowest BCUT2D eigenvalue weighted by Crippen LogP contribution is -2.36. The first kappa shape index (κ1) is 16.8. The molecule has 0 spiro atoms. The van der Waals surface area contributed by atoms with Crippen LogP contribution in [0.2, 0.25) is 0 Å². The third-order valence-electron chi connectivity index (χ3n) is 5.12. The number of amides is 1. The van der Waals surface area contributed by atoms with E-state index in [1.165, 1.54) is 0 Å². The minimum Gasteiger partial charge on any atom is -0.381 e. The van der Waals surface area contributed by atoms with Crippen LogP contribution in [0.1, 0.15) is 30.0 Å². The van der Waals surface area contributed by atoms with Crippen molar-refractivity contribution in [2.75, 3.05) is 13.2 Å². The lowest BCUT2D eigenvalue weighted by molar-refractivity contribution is -0.121. The molecule has 134 valence electrons. The van der Waals surface area contributed by atoms with E-state index < -0.39 is 0 Å². The molecule has 1 amide bonds. The summed E-state index contributed by atoms with van der Waals surface area (Å²) in [4.78, 5) is 20.3. The topological polar surface area (TPSA) is 67.0 Å². The highest BCUT2D eigenvalue weighted by molar-refractivity contribution is 5.89. The van der Waals surface area contributed by atoms with Crippen molar-refractivity contribution in [3.63, 3.8) is 0 Å². The zero-order valence-electron chi connectivity index (χ0n) is 14.7. The number of hydrogen-bond donors (Lipinski definition) is 2. The number of carbonyl (C=O) groups is 1. The van der Waals surface area contributed by atoms with Crippen molar-refractivity contribution >= 4 is 16.8 Å². The highest BCUT2D eigenvalue weighted by Gasteiger charge is 2.27. The van der Waals surface area contributed by atoms with Gasteiger partial charge in [-0.15, -0.1) is 0 Å². The van der Waals surface area contributed by atoms with Crippen LogP contribution in [0.3, 0.4) is 0 Å². The fraction of sp³-hybridized carbons (Fsp3) is 0.333. The molecule has 4 rings (SSSR count). The Kier molecular flexibility index (Phi) is 4.97. The van der Waals surface area contributed by atoms with Crippen LogP contribution >= 0.6 is 0 Å². The molecular weight excluding hydrogens is 326 g/mol. The molecule has 0 radical (unpaired) electrons. The Morgan fingerprint density at radius 2 is 2.08 bits per heavy atom. The maximum Gasteiger partial charge on any atom is 0.224 e. The molecule has 1 aliphatic rings. The molecule has 1 fully saturated rings. The summed E-state index contributed by atoms with van der Waals surface area (Å²) in [5.74, 6) is 0.412. The average molecular weight is 349 g/mol. The van der Waals surface area contributed by atoms with E-state index in [1.54, 1.807) is 6.20 Å². The number of benzene rings is 1. The van der Waals surface area contributed by atoms with Gasteiger partial charge in [-0.3, -0.25) is 9.78 Å². The summed E-state index contributed by atoms with van der Waals surface area (Å²) in [5, 5.41) is 4.36. The normalized spacial score (nSPS) is 16.5. The number of pyridine rings is 1. The third kappa shape index (κ3) is 3.63. The van der Waals surface area contributed by atoms with Crippen LogP contribution in [0, 0.1) is 5.92 Å². The van der Waals surface area contributed by atoms with Crippen molar-refractivity contribution in [1.29, 1.82) is 0 Å². The second-order valence-corrected chi connectivity index (χ2v) is 6.82. The van der Waals surface area contributed by atoms with Crippen molar-refractivity contribution in [3.8, 4) is 0 Å². The van der Waals surface area contributed by atoms with E-state index in [-0.39, 0.29) is 11.9 Å². The molecule has 3 aromatic rings. The Labute approximate surface area is 152 Å². The maximum absolute atomic E-state index is 12.8. The highest BCUT2D eigenvalue weighted by atomic mass is 16.5. The molecule has 5 nitrogen and oxygen atoms in total. The Morgan fingerprint density at radius 1 is 1.23 bits per heavy atom. The van der Waals surface area contributed by atoms with Crippen molar-refractivity contribution in [1.82, 2.24) is 15.3 Å².